The Morgan fingerprint density at radius 3 is 1.32 bits per heavy atom. The highest BCUT2D eigenvalue weighted by molar-refractivity contribution is 7.02. The maximum atomic E-state index is 7.69. The maximum absolute atomic E-state index is 7.69. The predicted molar refractivity (Wildman–Crippen MR) is 335 cm³/mol. The van der Waals surface area contributed by atoms with Gasteiger partial charge in [0.05, 0.1) is 33.4 Å². The summed E-state index contributed by atoms with van der Waals surface area (Å²) < 4.78 is 15.3. The van der Waals surface area contributed by atoms with Crippen LogP contribution in [0.2, 0.25) is 0 Å². The number of para-hydroxylation sites is 9. The molecule has 6 nitrogen and oxygen atoms in total. The van der Waals surface area contributed by atoms with Crippen LogP contribution in [0.25, 0.3) is 82.5 Å². The summed E-state index contributed by atoms with van der Waals surface area (Å²) in [4.78, 5) is 4.90. The quantitative estimate of drug-likeness (QED) is 0.161. The minimum Gasteiger partial charge on any atom is -0.458 e. The molecule has 0 atom stereocenters. The van der Waals surface area contributed by atoms with Crippen molar-refractivity contribution in [3.8, 4) is 28.6 Å². The molecule has 80 heavy (non-hydrogen) atoms. The van der Waals surface area contributed by atoms with Gasteiger partial charge in [0.1, 0.15) is 11.5 Å². The van der Waals surface area contributed by atoms with Crippen LogP contribution in [0.15, 0.2) is 261 Å². The molecule has 8 heteroatoms. The van der Waals surface area contributed by atoms with Crippen molar-refractivity contribution in [3.05, 3.63) is 261 Å². The first kappa shape index (κ1) is 42.7. The van der Waals surface area contributed by atoms with E-state index in [0.717, 1.165) is 57.0 Å². The minimum absolute atomic E-state index is 0.104. The second-order valence-electron chi connectivity index (χ2n) is 21.9. The van der Waals surface area contributed by atoms with Crippen LogP contribution in [-0.4, -0.2) is 27.1 Å². The van der Waals surface area contributed by atoms with Gasteiger partial charge in [0.15, 0.2) is 0 Å². The first-order valence-electron chi connectivity index (χ1n) is 27.7. The first-order valence-corrected chi connectivity index (χ1v) is 27.7. The summed E-state index contributed by atoms with van der Waals surface area (Å²) in [6.45, 7) is -0.229. The highest BCUT2D eigenvalue weighted by atomic mass is 16.5. The van der Waals surface area contributed by atoms with Crippen LogP contribution in [0.3, 0.4) is 0 Å². The Hall–Kier alpha value is -10.4. The molecular weight excluding hydrogens is 972 g/mol. The molecule has 0 bridgehead atoms. The van der Waals surface area contributed by atoms with Gasteiger partial charge in [0.2, 0.25) is 0 Å². The van der Waals surface area contributed by atoms with Crippen LogP contribution in [0.5, 0.6) is 11.5 Å². The van der Waals surface area contributed by atoms with Crippen molar-refractivity contribution in [2.75, 3.05) is 9.80 Å². The molecule has 0 spiro atoms. The summed E-state index contributed by atoms with van der Waals surface area (Å²) in [5, 5.41) is 7.49. The molecule has 19 rings (SSSR count). The Labute approximate surface area is 460 Å². The molecule has 368 valence electrons. The number of hydrogen-bond acceptors (Lipinski definition) is 3. The lowest BCUT2D eigenvalue weighted by Gasteiger charge is -2.42. The average molecular weight is 1020 g/mol. The van der Waals surface area contributed by atoms with Crippen molar-refractivity contribution in [3.63, 3.8) is 0 Å². The predicted octanol–water partition coefficient (Wildman–Crippen LogP) is 14.0. The highest BCUT2D eigenvalue weighted by Gasteiger charge is 2.47. The van der Waals surface area contributed by atoms with Crippen molar-refractivity contribution in [1.29, 1.82) is 0 Å². The molecule has 0 unspecified atom stereocenters. The largest absolute Gasteiger partial charge is 0.458 e. The molecule has 0 amide bonds. The Bertz CT molecular complexity index is 5110. The molecule has 0 aliphatic carbocycles. The van der Waals surface area contributed by atoms with Gasteiger partial charge in [-0.1, -0.05) is 170 Å². The summed E-state index contributed by atoms with van der Waals surface area (Å²) in [7, 11) is 0. The van der Waals surface area contributed by atoms with Crippen molar-refractivity contribution < 1.29 is 4.74 Å². The number of benzene rings is 12. The highest BCUT2D eigenvalue weighted by Crippen LogP contribution is 2.47. The standard InChI is InChI=1S/C72H43B2N5O/c1-4-20-44(21-5-1)75(45-22-6-2-7-23-45)48-40-66-70-68(41-48)80-67-43-63-57(42-58(67)74(70)56-33-19-31-54-52-29-13-17-37-62(52)79(66)72(54)56)73-55-32-18-30-53-51-28-12-16-36-61(51)78(71(53)55)65-39-47(38-64(69(65)73)76(63)46-24-8-3-9-25-46)77-59-34-14-10-26-49(59)50-27-11-15-35-60(50)77/h1-43H. The van der Waals surface area contributed by atoms with Crippen LogP contribution >= 0.6 is 0 Å². The lowest BCUT2D eigenvalue weighted by molar-refractivity contribution is 0.487. The van der Waals surface area contributed by atoms with Crippen LogP contribution in [0.1, 0.15) is 0 Å². The zero-order chi connectivity index (χ0) is 51.9. The zero-order valence-electron chi connectivity index (χ0n) is 43.1. The summed E-state index contributed by atoms with van der Waals surface area (Å²) in [5.41, 5.74) is 24.7. The van der Waals surface area contributed by atoms with Gasteiger partial charge in [-0.25, -0.2) is 0 Å². The van der Waals surface area contributed by atoms with Gasteiger partial charge >= 0.3 is 0 Å². The van der Waals surface area contributed by atoms with Crippen LogP contribution in [-0.2, 0) is 0 Å². The SMILES string of the molecule is c1ccc(N(c2ccccc2)c2cc3c4c(c2)-n2c5ccccc5c5cccc(c52)B4c2cc4c(cc2O3)N(c2ccccc2)c2cc(-n3c5ccccc5c5ccccc53)cc3c2B4c2cccc4c5ccccc5n-3c24)cc1. The van der Waals surface area contributed by atoms with Crippen molar-refractivity contribution in [2.45, 2.75) is 0 Å². The molecular formula is C72H43B2N5O. The van der Waals surface area contributed by atoms with Crippen molar-refractivity contribution in [2.24, 2.45) is 0 Å². The fourth-order valence-corrected chi connectivity index (χ4v) is 15.0. The number of nitrogens with zero attached hydrogens (tertiary/aromatic N) is 5. The molecule has 12 aromatic carbocycles. The van der Waals surface area contributed by atoms with E-state index in [2.05, 4.69) is 284 Å². The lowest BCUT2D eigenvalue weighted by atomic mass is 9.31. The van der Waals surface area contributed by atoms with Gasteiger partial charge in [0, 0.05) is 95.3 Å². The molecule has 0 saturated carbocycles. The van der Waals surface area contributed by atoms with E-state index in [9.17, 15) is 0 Å². The minimum atomic E-state index is -0.125. The molecule has 0 radical (unpaired) electrons. The van der Waals surface area contributed by atoms with Gasteiger partial charge in [-0.05, 0) is 112 Å². The molecule has 7 heterocycles. The first-order chi connectivity index (χ1) is 39.7. The van der Waals surface area contributed by atoms with E-state index < -0.39 is 0 Å². The number of ether oxygens (including phenoxy) is 1. The Morgan fingerprint density at radius 2 is 0.750 bits per heavy atom. The molecule has 0 fully saturated rings. The van der Waals surface area contributed by atoms with Gasteiger partial charge in [-0.2, -0.15) is 0 Å². The third-order valence-corrected chi connectivity index (χ3v) is 18.0. The van der Waals surface area contributed by atoms with E-state index in [1.165, 1.54) is 104 Å². The number of hydrogen-bond donors (Lipinski definition) is 0. The molecule has 0 saturated heterocycles. The second-order valence-corrected chi connectivity index (χ2v) is 21.9. The fraction of sp³-hybridized carbons (Fsp3) is 0. The Balaban J connectivity index is 0.931. The van der Waals surface area contributed by atoms with Gasteiger partial charge in [-0.15, -0.1) is 0 Å². The topological polar surface area (TPSA) is 30.5 Å². The Kier molecular flexibility index (Phi) is 8.33. The van der Waals surface area contributed by atoms with Crippen molar-refractivity contribution in [1.82, 2.24) is 13.7 Å². The van der Waals surface area contributed by atoms with Gasteiger partial charge in [-0.3, -0.25) is 0 Å². The smallest absolute Gasteiger partial charge is 0.256 e. The van der Waals surface area contributed by atoms with E-state index in [1.807, 2.05) is 0 Å². The normalized spacial score (nSPS) is 13.3. The van der Waals surface area contributed by atoms with E-state index >= 15 is 0 Å². The summed E-state index contributed by atoms with van der Waals surface area (Å²) in [5.74, 6) is 1.72. The van der Waals surface area contributed by atoms with Crippen LogP contribution in [0, 0.1) is 0 Å². The maximum Gasteiger partial charge on any atom is 0.256 e. The molecule has 4 aliphatic rings. The average Bonchev–Trinajstić information content (AvgIpc) is 4.24. The summed E-state index contributed by atoms with van der Waals surface area (Å²) >= 11 is 0. The molecule has 4 aliphatic heterocycles. The van der Waals surface area contributed by atoms with Crippen LogP contribution in [0.4, 0.5) is 34.1 Å². The van der Waals surface area contributed by atoms with Gasteiger partial charge < -0.3 is 28.2 Å². The lowest BCUT2D eigenvalue weighted by Crippen LogP contribution is -2.63. The molecule has 15 aromatic rings. The van der Waals surface area contributed by atoms with Crippen LogP contribution < -0.4 is 47.3 Å². The third-order valence-electron chi connectivity index (χ3n) is 18.0. The molecule has 0 N–H and O–H groups in total. The number of aromatic nitrogens is 3. The number of anilines is 6. The number of rotatable bonds is 5. The summed E-state index contributed by atoms with van der Waals surface area (Å²) in [6, 6.07) is 96.6. The van der Waals surface area contributed by atoms with E-state index in [4.69, 9.17) is 4.74 Å². The Morgan fingerprint density at radius 1 is 0.287 bits per heavy atom. The van der Waals surface area contributed by atoms with E-state index in [-0.39, 0.29) is 13.4 Å². The number of fused-ring (bicyclic) bond motifs is 17. The second kappa shape index (κ2) is 15.6. The monoisotopic (exact) mass is 1020 g/mol. The zero-order valence-corrected chi connectivity index (χ0v) is 43.1. The third kappa shape index (κ3) is 5.49. The summed E-state index contributed by atoms with van der Waals surface area (Å²) in [6.07, 6.45) is 0. The van der Waals surface area contributed by atoms with E-state index in [0.29, 0.717) is 0 Å². The van der Waals surface area contributed by atoms with Gasteiger partial charge in [0.25, 0.3) is 13.4 Å². The van der Waals surface area contributed by atoms with Crippen molar-refractivity contribution >= 4 is 146 Å². The molecule has 3 aromatic heterocycles. The fourth-order valence-electron chi connectivity index (χ4n) is 15.0. The van der Waals surface area contributed by atoms with E-state index in [1.54, 1.807) is 0 Å².